The lowest BCUT2D eigenvalue weighted by Gasteiger charge is -2.14. The van der Waals surface area contributed by atoms with Crippen molar-refractivity contribution >= 4 is 27.5 Å². The molecular weight excluding hydrogens is 352 g/mol. The quantitative estimate of drug-likeness (QED) is 0.745. The second-order valence-electron chi connectivity index (χ2n) is 4.78. The maximum Gasteiger partial charge on any atom is 0.219 e. The molecule has 2 aromatic rings. The van der Waals surface area contributed by atoms with E-state index in [9.17, 15) is 0 Å². The van der Waals surface area contributed by atoms with Crippen LogP contribution in [0.1, 0.15) is 31.9 Å². The van der Waals surface area contributed by atoms with Gasteiger partial charge in [0.05, 0.1) is 5.02 Å². The number of benzene rings is 1. The van der Waals surface area contributed by atoms with Gasteiger partial charge in [-0.05, 0) is 49.7 Å². The second kappa shape index (κ2) is 7.78. The average molecular weight is 370 g/mol. The van der Waals surface area contributed by atoms with Crippen molar-refractivity contribution in [3.63, 3.8) is 0 Å². The molecule has 0 spiro atoms. The molecule has 0 aliphatic rings. The topological polar surface area (TPSA) is 34.2 Å². The fourth-order valence-corrected chi connectivity index (χ4v) is 2.39. The number of aromatic nitrogens is 1. The van der Waals surface area contributed by atoms with Crippen LogP contribution in [0.5, 0.6) is 11.6 Å². The van der Waals surface area contributed by atoms with E-state index in [0.29, 0.717) is 16.7 Å². The number of ether oxygens (including phenoxy) is 1. The summed E-state index contributed by atoms with van der Waals surface area (Å²) in [5.74, 6) is 1.13. The highest BCUT2D eigenvalue weighted by Crippen LogP contribution is 2.31. The molecule has 0 radical (unpaired) electrons. The summed E-state index contributed by atoms with van der Waals surface area (Å²) in [6.07, 6.45) is 2.85. The predicted molar refractivity (Wildman–Crippen MR) is 90.2 cm³/mol. The van der Waals surface area contributed by atoms with Crippen LogP contribution in [0.2, 0.25) is 5.02 Å². The molecular formula is C16H18BrClN2O. The van der Waals surface area contributed by atoms with E-state index in [2.05, 4.69) is 40.1 Å². The van der Waals surface area contributed by atoms with Crippen molar-refractivity contribution in [2.45, 2.75) is 26.3 Å². The minimum Gasteiger partial charge on any atom is -0.437 e. The van der Waals surface area contributed by atoms with Gasteiger partial charge in [-0.25, -0.2) is 4.98 Å². The summed E-state index contributed by atoms with van der Waals surface area (Å²) >= 11 is 9.54. The van der Waals surface area contributed by atoms with Gasteiger partial charge in [-0.1, -0.05) is 34.5 Å². The van der Waals surface area contributed by atoms with E-state index in [-0.39, 0.29) is 6.04 Å². The third-order valence-corrected chi connectivity index (χ3v) is 3.87. The first-order valence-electron chi connectivity index (χ1n) is 6.92. The smallest absolute Gasteiger partial charge is 0.219 e. The molecule has 0 saturated carbocycles. The Bertz CT molecular complexity index is 607. The van der Waals surface area contributed by atoms with E-state index < -0.39 is 0 Å². The molecule has 1 atom stereocenters. The highest BCUT2D eigenvalue weighted by atomic mass is 79.9. The standard InChI is InChI=1S/C16H18BrClN2O/c1-3-7-19-11(2)12-6-8-20-16(9-12)21-15-10-13(17)4-5-14(15)18/h4-6,8-11,19H,3,7H2,1-2H3. The van der Waals surface area contributed by atoms with Crippen LogP contribution < -0.4 is 10.1 Å². The molecule has 2 rings (SSSR count). The molecule has 3 nitrogen and oxygen atoms in total. The first-order chi connectivity index (χ1) is 10.1. The molecule has 1 N–H and O–H groups in total. The monoisotopic (exact) mass is 368 g/mol. The van der Waals surface area contributed by atoms with Gasteiger partial charge < -0.3 is 10.1 Å². The minimum absolute atomic E-state index is 0.258. The number of halogens is 2. The van der Waals surface area contributed by atoms with Crippen LogP contribution in [0.4, 0.5) is 0 Å². The summed E-state index contributed by atoms with van der Waals surface area (Å²) in [5.41, 5.74) is 1.14. The normalized spacial score (nSPS) is 12.2. The first-order valence-corrected chi connectivity index (χ1v) is 8.09. The van der Waals surface area contributed by atoms with Gasteiger partial charge in [0.15, 0.2) is 0 Å². The maximum absolute atomic E-state index is 6.13. The molecule has 21 heavy (non-hydrogen) atoms. The van der Waals surface area contributed by atoms with Crippen molar-refractivity contribution in [3.05, 3.63) is 51.6 Å². The summed E-state index contributed by atoms with van der Waals surface area (Å²) in [5, 5.41) is 4.00. The fraction of sp³-hybridized carbons (Fsp3) is 0.312. The van der Waals surface area contributed by atoms with Gasteiger partial charge in [0.2, 0.25) is 5.88 Å². The van der Waals surface area contributed by atoms with Crippen LogP contribution in [0.3, 0.4) is 0 Å². The first kappa shape index (κ1) is 16.3. The molecule has 0 amide bonds. The number of hydrogen-bond donors (Lipinski definition) is 1. The Morgan fingerprint density at radius 3 is 2.90 bits per heavy atom. The Labute approximate surface area is 138 Å². The molecule has 1 aromatic heterocycles. The molecule has 0 bridgehead atoms. The van der Waals surface area contributed by atoms with E-state index in [1.807, 2.05) is 24.3 Å². The van der Waals surface area contributed by atoms with Crippen molar-refractivity contribution in [1.29, 1.82) is 0 Å². The second-order valence-corrected chi connectivity index (χ2v) is 6.10. The van der Waals surface area contributed by atoms with Gasteiger partial charge in [0, 0.05) is 22.8 Å². The molecule has 0 aliphatic heterocycles. The van der Waals surface area contributed by atoms with Crippen molar-refractivity contribution in [2.75, 3.05) is 6.54 Å². The van der Waals surface area contributed by atoms with Crippen molar-refractivity contribution in [2.24, 2.45) is 0 Å². The summed E-state index contributed by atoms with van der Waals surface area (Å²) in [7, 11) is 0. The molecule has 112 valence electrons. The number of rotatable bonds is 6. The Balaban J connectivity index is 2.15. The van der Waals surface area contributed by atoms with E-state index in [1.54, 1.807) is 12.3 Å². The van der Waals surface area contributed by atoms with Crippen LogP contribution >= 0.6 is 27.5 Å². The molecule has 0 fully saturated rings. The Morgan fingerprint density at radius 2 is 2.14 bits per heavy atom. The number of nitrogens with zero attached hydrogens (tertiary/aromatic N) is 1. The van der Waals surface area contributed by atoms with Gasteiger partial charge in [-0.15, -0.1) is 0 Å². The SMILES string of the molecule is CCCNC(C)c1ccnc(Oc2cc(Br)ccc2Cl)c1. The maximum atomic E-state index is 6.13. The molecule has 0 saturated heterocycles. The molecule has 5 heteroatoms. The van der Waals surface area contributed by atoms with Crippen molar-refractivity contribution in [3.8, 4) is 11.6 Å². The number of nitrogens with one attached hydrogen (secondary N) is 1. The van der Waals surface area contributed by atoms with Gasteiger partial charge in [0.1, 0.15) is 5.75 Å². The van der Waals surface area contributed by atoms with E-state index in [4.69, 9.17) is 16.3 Å². The summed E-state index contributed by atoms with van der Waals surface area (Å²) in [4.78, 5) is 4.24. The highest BCUT2D eigenvalue weighted by molar-refractivity contribution is 9.10. The lowest BCUT2D eigenvalue weighted by Crippen LogP contribution is -2.19. The fourth-order valence-electron chi connectivity index (χ4n) is 1.90. The van der Waals surface area contributed by atoms with Gasteiger partial charge in [-0.3, -0.25) is 0 Å². The zero-order chi connectivity index (χ0) is 15.2. The summed E-state index contributed by atoms with van der Waals surface area (Å²) in [6, 6.07) is 9.67. The lowest BCUT2D eigenvalue weighted by atomic mass is 10.1. The Kier molecular flexibility index (Phi) is 6.03. The minimum atomic E-state index is 0.258. The van der Waals surface area contributed by atoms with Crippen LogP contribution in [0.25, 0.3) is 0 Å². The zero-order valence-electron chi connectivity index (χ0n) is 12.1. The predicted octanol–water partition coefficient (Wildman–Crippen LogP) is 5.35. The van der Waals surface area contributed by atoms with E-state index >= 15 is 0 Å². The number of hydrogen-bond acceptors (Lipinski definition) is 3. The van der Waals surface area contributed by atoms with Crippen LogP contribution in [-0.2, 0) is 0 Å². The molecule has 0 aliphatic carbocycles. The summed E-state index contributed by atoms with van der Waals surface area (Å²) in [6.45, 7) is 5.26. The Morgan fingerprint density at radius 1 is 1.33 bits per heavy atom. The zero-order valence-corrected chi connectivity index (χ0v) is 14.4. The van der Waals surface area contributed by atoms with E-state index in [1.165, 1.54) is 0 Å². The Hall–Kier alpha value is -1.10. The van der Waals surface area contributed by atoms with Crippen molar-refractivity contribution < 1.29 is 4.74 Å². The van der Waals surface area contributed by atoms with Gasteiger partial charge in [-0.2, -0.15) is 0 Å². The van der Waals surface area contributed by atoms with Crippen molar-refractivity contribution in [1.82, 2.24) is 10.3 Å². The number of pyridine rings is 1. The van der Waals surface area contributed by atoms with Gasteiger partial charge >= 0.3 is 0 Å². The van der Waals surface area contributed by atoms with E-state index in [0.717, 1.165) is 23.0 Å². The third kappa shape index (κ3) is 4.70. The largest absolute Gasteiger partial charge is 0.437 e. The van der Waals surface area contributed by atoms with Gasteiger partial charge in [0.25, 0.3) is 0 Å². The van der Waals surface area contributed by atoms with Crippen LogP contribution in [0, 0.1) is 0 Å². The molecule has 1 heterocycles. The third-order valence-electron chi connectivity index (χ3n) is 3.07. The lowest BCUT2D eigenvalue weighted by molar-refractivity contribution is 0.460. The highest BCUT2D eigenvalue weighted by Gasteiger charge is 2.09. The van der Waals surface area contributed by atoms with Crippen LogP contribution in [-0.4, -0.2) is 11.5 Å². The average Bonchev–Trinajstić information content (AvgIpc) is 2.49. The molecule has 1 unspecified atom stereocenters. The molecule has 1 aromatic carbocycles. The van der Waals surface area contributed by atoms with Crippen LogP contribution in [0.15, 0.2) is 41.0 Å². The summed E-state index contributed by atoms with van der Waals surface area (Å²) < 4.78 is 6.70.